The number of aromatic nitrogens is 1. The van der Waals surface area contributed by atoms with Crippen LogP contribution in [0.5, 0.6) is 0 Å². The molecule has 3 nitrogen and oxygen atoms in total. The number of H-pyrrole nitrogens is 1. The Morgan fingerprint density at radius 2 is 2.00 bits per heavy atom. The van der Waals surface area contributed by atoms with Crippen LogP contribution in [0.4, 0.5) is 10.1 Å². The Kier molecular flexibility index (Phi) is 4.22. The van der Waals surface area contributed by atoms with E-state index in [1.54, 1.807) is 12.1 Å². The van der Waals surface area contributed by atoms with Crippen molar-refractivity contribution in [2.24, 2.45) is 5.92 Å². The largest absolute Gasteiger partial charge is 0.371 e. The number of rotatable bonds is 5. The third-order valence-corrected chi connectivity index (χ3v) is 4.91. The van der Waals surface area contributed by atoms with Crippen LogP contribution in [-0.4, -0.2) is 24.6 Å². The van der Waals surface area contributed by atoms with Gasteiger partial charge in [-0.05, 0) is 54.3 Å². The van der Waals surface area contributed by atoms with Gasteiger partial charge in [0.1, 0.15) is 5.82 Å². The first kappa shape index (κ1) is 15.2. The van der Waals surface area contributed by atoms with Crippen LogP contribution in [0.25, 0.3) is 10.9 Å². The van der Waals surface area contributed by atoms with Crippen molar-refractivity contribution in [3.8, 4) is 0 Å². The Bertz CT molecular complexity index is 809. The topological polar surface area (TPSA) is 31.1 Å². The molecule has 4 heteroatoms. The summed E-state index contributed by atoms with van der Waals surface area (Å²) in [4.78, 5) is 5.60. The van der Waals surface area contributed by atoms with Gasteiger partial charge in [-0.25, -0.2) is 4.39 Å². The molecule has 1 saturated heterocycles. The molecule has 0 saturated carbocycles. The summed E-state index contributed by atoms with van der Waals surface area (Å²) in [5.41, 5.74) is 3.65. The standard InChI is InChI=1S/C20H22FN3/c21-17-4-6-18(7-5-17)24-11-9-15(14-24)12-22-13-16-2-1-3-20-19(16)8-10-23-20/h1-8,10,15,22-23H,9,11-14H2. The van der Waals surface area contributed by atoms with Crippen LogP contribution in [0.3, 0.4) is 0 Å². The molecule has 0 aliphatic carbocycles. The summed E-state index contributed by atoms with van der Waals surface area (Å²) < 4.78 is 13.0. The Morgan fingerprint density at radius 3 is 2.88 bits per heavy atom. The van der Waals surface area contributed by atoms with Crippen molar-refractivity contribution in [3.05, 3.63) is 66.1 Å². The van der Waals surface area contributed by atoms with Gasteiger partial charge in [-0.2, -0.15) is 0 Å². The molecule has 24 heavy (non-hydrogen) atoms. The fourth-order valence-corrected chi connectivity index (χ4v) is 3.60. The zero-order chi connectivity index (χ0) is 16.4. The molecule has 0 bridgehead atoms. The van der Waals surface area contributed by atoms with E-state index >= 15 is 0 Å². The predicted octanol–water partition coefficient (Wildman–Crippen LogP) is 3.92. The maximum Gasteiger partial charge on any atom is 0.123 e. The lowest BCUT2D eigenvalue weighted by Crippen LogP contribution is -2.26. The molecule has 1 fully saturated rings. The molecule has 0 spiro atoms. The molecular weight excluding hydrogens is 301 g/mol. The van der Waals surface area contributed by atoms with Crippen LogP contribution < -0.4 is 10.2 Å². The molecule has 0 radical (unpaired) electrons. The molecule has 3 aromatic rings. The normalized spacial score (nSPS) is 17.7. The summed E-state index contributed by atoms with van der Waals surface area (Å²) in [6, 6.07) is 15.4. The highest BCUT2D eigenvalue weighted by molar-refractivity contribution is 5.82. The smallest absolute Gasteiger partial charge is 0.123 e. The van der Waals surface area contributed by atoms with E-state index in [-0.39, 0.29) is 5.82 Å². The van der Waals surface area contributed by atoms with E-state index in [9.17, 15) is 4.39 Å². The maximum atomic E-state index is 13.0. The van der Waals surface area contributed by atoms with Crippen molar-refractivity contribution >= 4 is 16.6 Å². The van der Waals surface area contributed by atoms with Crippen molar-refractivity contribution < 1.29 is 4.39 Å². The Balaban J connectivity index is 1.31. The van der Waals surface area contributed by atoms with Crippen LogP contribution in [0.1, 0.15) is 12.0 Å². The summed E-state index contributed by atoms with van der Waals surface area (Å²) in [7, 11) is 0. The second-order valence-electron chi connectivity index (χ2n) is 6.56. The molecule has 2 N–H and O–H groups in total. The summed E-state index contributed by atoms with van der Waals surface area (Å²) in [6.07, 6.45) is 3.17. The number of fused-ring (bicyclic) bond motifs is 1. The van der Waals surface area contributed by atoms with Gasteiger partial charge >= 0.3 is 0 Å². The first-order valence-electron chi connectivity index (χ1n) is 8.56. The van der Waals surface area contributed by atoms with E-state index < -0.39 is 0 Å². The minimum absolute atomic E-state index is 0.171. The lowest BCUT2D eigenvalue weighted by molar-refractivity contribution is 0.517. The number of nitrogens with zero attached hydrogens (tertiary/aromatic N) is 1. The van der Waals surface area contributed by atoms with Crippen LogP contribution in [0, 0.1) is 11.7 Å². The fourth-order valence-electron chi connectivity index (χ4n) is 3.60. The third-order valence-electron chi connectivity index (χ3n) is 4.91. The molecule has 4 rings (SSSR count). The molecule has 0 amide bonds. The lowest BCUT2D eigenvalue weighted by Gasteiger charge is -2.19. The number of anilines is 1. The maximum absolute atomic E-state index is 13.0. The summed E-state index contributed by atoms with van der Waals surface area (Å²) >= 11 is 0. The van der Waals surface area contributed by atoms with Gasteiger partial charge in [0.25, 0.3) is 0 Å². The van der Waals surface area contributed by atoms with Crippen LogP contribution in [0.15, 0.2) is 54.7 Å². The molecule has 1 atom stereocenters. The van der Waals surface area contributed by atoms with Crippen LogP contribution >= 0.6 is 0 Å². The summed E-state index contributed by atoms with van der Waals surface area (Å²) in [5.74, 6) is 0.468. The van der Waals surface area contributed by atoms with Crippen molar-refractivity contribution in [2.45, 2.75) is 13.0 Å². The van der Waals surface area contributed by atoms with Gasteiger partial charge < -0.3 is 15.2 Å². The molecule has 2 heterocycles. The highest BCUT2D eigenvalue weighted by atomic mass is 19.1. The second kappa shape index (κ2) is 6.65. The van der Waals surface area contributed by atoms with E-state index in [2.05, 4.69) is 39.5 Å². The van der Waals surface area contributed by atoms with Crippen molar-refractivity contribution in [1.29, 1.82) is 0 Å². The minimum Gasteiger partial charge on any atom is -0.371 e. The average molecular weight is 323 g/mol. The monoisotopic (exact) mass is 323 g/mol. The zero-order valence-corrected chi connectivity index (χ0v) is 13.6. The molecule has 1 aliphatic rings. The highest BCUT2D eigenvalue weighted by Crippen LogP contribution is 2.24. The number of benzene rings is 2. The quantitative estimate of drug-likeness (QED) is 0.745. The number of hydrogen-bond acceptors (Lipinski definition) is 2. The second-order valence-corrected chi connectivity index (χ2v) is 6.56. The van der Waals surface area contributed by atoms with Gasteiger partial charge in [-0.15, -0.1) is 0 Å². The van der Waals surface area contributed by atoms with E-state index in [1.807, 2.05) is 18.3 Å². The Hall–Kier alpha value is -2.33. The highest BCUT2D eigenvalue weighted by Gasteiger charge is 2.22. The molecule has 1 aliphatic heterocycles. The van der Waals surface area contributed by atoms with Crippen LogP contribution in [0.2, 0.25) is 0 Å². The first-order valence-corrected chi connectivity index (χ1v) is 8.56. The Morgan fingerprint density at radius 1 is 1.12 bits per heavy atom. The van der Waals surface area contributed by atoms with E-state index in [0.29, 0.717) is 5.92 Å². The SMILES string of the molecule is Fc1ccc(N2CCC(CNCc3cccc4[nH]ccc34)C2)cc1. The third kappa shape index (κ3) is 3.15. The molecule has 124 valence electrons. The summed E-state index contributed by atoms with van der Waals surface area (Å²) in [6.45, 7) is 3.99. The fraction of sp³-hybridized carbons (Fsp3) is 0.300. The molecule has 2 aromatic carbocycles. The Labute approximate surface area is 141 Å². The zero-order valence-electron chi connectivity index (χ0n) is 13.6. The lowest BCUT2D eigenvalue weighted by atomic mass is 10.1. The van der Waals surface area contributed by atoms with Crippen LogP contribution in [-0.2, 0) is 6.54 Å². The van der Waals surface area contributed by atoms with E-state index in [1.165, 1.54) is 22.9 Å². The van der Waals surface area contributed by atoms with Gasteiger partial charge in [-0.3, -0.25) is 0 Å². The van der Waals surface area contributed by atoms with Gasteiger partial charge in [0.2, 0.25) is 0 Å². The number of halogens is 1. The van der Waals surface area contributed by atoms with Gasteiger partial charge in [0.15, 0.2) is 0 Å². The van der Waals surface area contributed by atoms with Crippen molar-refractivity contribution in [2.75, 3.05) is 24.5 Å². The van der Waals surface area contributed by atoms with Gasteiger partial charge in [0, 0.05) is 49.0 Å². The molecule has 1 aromatic heterocycles. The average Bonchev–Trinajstić information content (AvgIpc) is 3.25. The predicted molar refractivity (Wildman–Crippen MR) is 96.7 cm³/mol. The van der Waals surface area contributed by atoms with Crippen molar-refractivity contribution in [1.82, 2.24) is 10.3 Å². The number of nitrogens with one attached hydrogen (secondary N) is 2. The van der Waals surface area contributed by atoms with Gasteiger partial charge in [-0.1, -0.05) is 12.1 Å². The number of hydrogen-bond donors (Lipinski definition) is 2. The van der Waals surface area contributed by atoms with Crippen molar-refractivity contribution in [3.63, 3.8) is 0 Å². The van der Waals surface area contributed by atoms with Gasteiger partial charge in [0.05, 0.1) is 0 Å². The minimum atomic E-state index is -0.171. The van der Waals surface area contributed by atoms with E-state index in [4.69, 9.17) is 0 Å². The van der Waals surface area contributed by atoms with E-state index in [0.717, 1.165) is 31.9 Å². The first-order chi connectivity index (χ1) is 11.8. The molecule has 1 unspecified atom stereocenters. The summed E-state index contributed by atoms with van der Waals surface area (Å²) in [5, 5.41) is 4.90. The number of aromatic amines is 1. The molecular formula is C20H22FN3.